The number of carbonyl (C=O) groups is 2. The first-order chi connectivity index (χ1) is 10.2. The molecule has 1 amide bonds. The van der Waals surface area contributed by atoms with Gasteiger partial charge in [-0.25, -0.2) is 4.79 Å². The van der Waals surface area contributed by atoms with E-state index in [4.69, 9.17) is 5.11 Å². The lowest BCUT2D eigenvalue weighted by atomic mass is 10.2. The average molecular weight is 302 g/mol. The lowest BCUT2D eigenvalue weighted by molar-refractivity contribution is -0.113. The summed E-state index contributed by atoms with van der Waals surface area (Å²) in [6, 6.07) is 11.2. The predicted molar refractivity (Wildman–Crippen MR) is 82.4 cm³/mol. The summed E-state index contributed by atoms with van der Waals surface area (Å²) in [6.45, 7) is 0. The second-order valence-electron chi connectivity index (χ2n) is 4.25. The van der Waals surface area contributed by atoms with Crippen molar-refractivity contribution >= 4 is 29.3 Å². The van der Waals surface area contributed by atoms with Crippen molar-refractivity contribution in [2.24, 2.45) is 0 Å². The lowest BCUT2D eigenvalue weighted by Crippen LogP contribution is -2.16. The number of anilines is 1. The zero-order valence-electron chi connectivity index (χ0n) is 11.2. The molecular weight excluding hydrogens is 288 g/mol. The van der Waals surface area contributed by atoms with Gasteiger partial charge in [-0.15, -0.1) is 11.8 Å². The summed E-state index contributed by atoms with van der Waals surface area (Å²) in [5.41, 5.74) is 1.39. The second-order valence-corrected chi connectivity index (χ2v) is 5.24. The number of nitrogens with one attached hydrogen (secondary N) is 1. The number of pyridine rings is 1. The zero-order valence-corrected chi connectivity index (χ0v) is 12.0. The molecule has 0 aliphatic carbocycles. The smallest absolute Gasteiger partial charge is 0.337 e. The van der Waals surface area contributed by atoms with E-state index in [0.717, 1.165) is 11.3 Å². The van der Waals surface area contributed by atoms with Gasteiger partial charge in [-0.2, -0.15) is 0 Å². The highest BCUT2D eigenvalue weighted by atomic mass is 32.2. The van der Waals surface area contributed by atoms with Crippen LogP contribution in [0.1, 0.15) is 15.9 Å². The summed E-state index contributed by atoms with van der Waals surface area (Å²) in [7, 11) is 0. The topological polar surface area (TPSA) is 79.3 Å². The molecule has 2 N–H and O–H groups in total. The quantitative estimate of drug-likeness (QED) is 0.857. The second kappa shape index (κ2) is 7.44. The van der Waals surface area contributed by atoms with E-state index in [1.54, 1.807) is 0 Å². The van der Waals surface area contributed by atoms with Gasteiger partial charge in [0.2, 0.25) is 5.91 Å². The van der Waals surface area contributed by atoms with Crippen molar-refractivity contribution in [1.29, 1.82) is 0 Å². The van der Waals surface area contributed by atoms with Crippen LogP contribution in [-0.2, 0) is 10.5 Å². The Morgan fingerprint density at radius 2 is 1.95 bits per heavy atom. The number of hydrogen-bond acceptors (Lipinski definition) is 4. The lowest BCUT2D eigenvalue weighted by Gasteiger charge is -2.07. The molecule has 108 valence electrons. The molecule has 0 bridgehead atoms. The largest absolute Gasteiger partial charge is 0.478 e. The summed E-state index contributed by atoms with van der Waals surface area (Å²) < 4.78 is 0. The molecule has 0 unspecified atom stereocenters. The van der Waals surface area contributed by atoms with Crippen LogP contribution in [0.5, 0.6) is 0 Å². The van der Waals surface area contributed by atoms with E-state index >= 15 is 0 Å². The molecule has 2 rings (SSSR count). The van der Waals surface area contributed by atoms with Gasteiger partial charge in [-0.3, -0.25) is 9.78 Å². The van der Waals surface area contributed by atoms with E-state index < -0.39 is 5.97 Å². The molecule has 1 aromatic heterocycles. The van der Waals surface area contributed by atoms with Gasteiger partial charge >= 0.3 is 5.97 Å². The minimum absolute atomic E-state index is 0.0337. The van der Waals surface area contributed by atoms with E-state index in [1.165, 1.54) is 30.2 Å². The fourth-order valence-corrected chi connectivity index (χ4v) is 2.49. The first-order valence-electron chi connectivity index (χ1n) is 6.25. The number of benzene rings is 1. The van der Waals surface area contributed by atoms with Crippen LogP contribution < -0.4 is 5.32 Å². The van der Waals surface area contributed by atoms with Crippen LogP contribution in [0.2, 0.25) is 0 Å². The SMILES string of the molecule is O=C(CSCc1ccccc1)Nc1cnccc1C(=O)O. The molecular formula is C15H14N2O3S. The summed E-state index contributed by atoms with van der Waals surface area (Å²) in [6.07, 6.45) is 2.71. The number of carboxylic acids is 1. The summed E-state index contributed by atoms with van der Waals surface area (Å²) in [5, 5.41) is 11.6. The Hall–Kier alpha value is -2.34. The summed E-state index contributed by atoms with van der Waals surface area (Å²) in [4.78, 5) is 26.7. The van der Waals surface area contributed by atoms with Gasteiger partial charge in [0.05, 0.1) is 23.2 Å². The Morgan fingerprint density at radius 1 is 1.19 bits per heavy atom. The Balaban J connectivity index is 1.86. The van der Waals surface area contributed by atoms with E-state index in [2.05, 4.69) is 10.3 Å². The highest BCUT2D eigenvalue weighted by Gasteiger charge is 2.12. The van der Waals surface area contributed by atoms with Crippen LogP contribution in [-0.4, -0.2) is 27.7 Å². The Kier molecular flexibility index (Phi) is 5.34. The number of carbonyl (C=O) groups excluding carboxylic acids is 1. The van der Waals surface area contributed by atoms with Crippen molar-refractivity contribution < 1.29 is 14.7 Å². The third-order valence-corrected chi connectivity index (χ3v) is 3.67. The Morgan fingerprint density at radius 3 is 2.67 bits per heavy atom. The molecule has 1 aromatic carbocycles. The van der Waals surface area contributed by atoms with Crippen molar-refractivity contribution in [3.63, 3.8) is 0 Å². The number of rotatable bonds is 6. The minimum Gasteiger partial charge on any atom is -0.478 e. The van der Waals surface area contributed by atoms with Gasteiger partial charge in [0.15, 0.2) is 0 Å². The van der Waals surface area contributed by atoms with Gasteiger partial charge in [-0.1, -0.05) is 30.3 Å². The molecule has 0 fully saturated rings. The highest BCUT2D eigenvalue weighted by Crippen LogP contribution is 2.15. The van der Waals surface area contributed by atoms with Crippen molar-refractivity contribution in [2.45, 2.75) is 5.75 Å². The van der Waals surface area contributed by atoms with Crippen LogP contribution >= 0.6 is 11.8 Å². The zero-order chi connectivity index (χ0) is 15.1. The first kappa shape index (κ1) is 15.1. The van der Waals surface area contributed by atoms with Crippen LogP contribution in [0.3, 0.4) is 0 Å². The normalized spacial score (nSPS) is 10.1. The standard InChI is InChI=1S/C15H14N2O3S/c18-14(10-21-9-11-4-2-1-3-5-11)17-13-8-16-7-6-12(13)15(19)20/h1-8H,9-10H2,(H,17,18)(H,19,20). The molecule has 1 heterocycles. The van der Waals surface area contributed by atoms with Crippen molar-refractivity contribution in [3.05, 3.63) is 59.9 Å². The Bertz CT molecular complexity index is 632. The molecule has 5 nitrogen and oxygen atoms in total. The fraction of sp³-hybridized carbons (Fsp3) is 0.133. The van der Waals surface area contributed by atoms with E-state index in [-0.39, 0.29) is 22.9 Å². The monoisotopic (exact) mass is 302 g/mol. The van der Waals surface area contributed by atoms with Gasteiger partial charge in [0.1, 0.15) is 0 Å². The highest BCUT2D eigenvalue weighted by molar-refractivity contribution is 7.99. The van der Waals surface area contributed by atoms with Crippen LogP contribution in [0.4, 0.5) is 5.69 Å². The summed E-state index contributed by atoms with van der Waals surface area (Å²) in [5.74, 6) is -0.355. The fourth-order valence-electron chi connectivity index (χ4n) is 1.70. The number of nitrogens with zero attached hydrogens (tertiary/aromatic N) is 1. The Labute approximate surface area is 126 Å². The first-order valence-corrected chi connectivity index (χ1v) is 7.41. The molecule has 0 saturated carbocycles. The number of aromatic carboxylic acids is 1. The number of hydrogen-bond donors (Lipinski definition) is 2. The maximum atomic E-state index is 11.8. The molecule has 0 radical (unpaired) electrons. The molecule has 2 aromatic rings. The third kappa shape index (κ3) is 4.61. The van der Waals surface area contributed by atoms with Crippen LogP contribution in [0, 0.1) is 0 Å². The summed E-state index contributed by atoms with van der Waals surface area (Å²) >= 11 is 1.47. The van der Waals surface area contributed by atoms with E-state index in [9.17, 15) is 9.59 Å². The maximum Gasteiger partial charge on any atom is 0.337 e. The van der Waals surface area contributed by atoms with Crippen LogP contribution in [0.25, 0.3) is 0 Å². The molecule has 0 aliphatic heterocycles. The van der Waals surface area contributed by atoms with E-state index in [1.807, 2.05) is 30.3 Å². The van der Waals surface area contributed by atoms with Crippen molar-refractivity contribution in [1.82, 2.24) is 4.98 Å². The number of carboxylic acid groups (broad SMARTS) is 1. The van der Waals surface area contributed by atoms with Crippen molar-refractivity contribution in [3.8, 4) is 0 Å². The average Bonchev–Trinajstić information content (AvgIpc) is 2.48. The van der Waals surface area contributed by atoms with Crippen LogP contribution in [0.15, 0.2) is 48.8 Å². The number of thioether (sulfide) groups is 1. The molecule has 0 spiro atoms. The van der Waals surface area contributed by atoms with Gasteiger partial charge < -0.3 is 10.4 Å². The number of amides is 1. The van der Waals surface area contributed by atoms with Gasteiger partial charge in [0.25, 0.3) is 0 Å². The molecule has 21 heavy (non-hydrogen) atoms. The molecule has 0 atom stereocenters. The number of aromatic nitrogens is 1. The predicted octanol–water partition coefficient (Wildman–Crippen LogP) is 2.65. The van der Waals surface area contributed by atoms with E-state index in [0.29, 0.717) is 0 Å². The van der Waals surface area contributed by atoms with Crippen molar-refractivity contribution in [2.75, 3.05) is 11.1 Å². The molecule has 6 heteroatoms. The van der Waals surface area contributed by atoms with Gasteiger partial charge in [0, 0.05) is 11.9 Å². The molecule has 0 saturated heterocycles. The third-order valence-electron chi connectivity index (χ3n) is 2.67. The van der Waals surface area contributed by atoms with Gasteiger partial charge in [-0.05, 0) is 11.6 Å². The molecule has 0 aliphatic rings. The maximum absolute atomic E-state index is 11.8. The minimum atomic E-state index is -1.09.